The van der Waals surface area contributed by atoms with Crippen molar-refractivity contribution in [3.8, 4) is 5.75 Å². The number of nitrogens with one attached hydrogen (secondary N) is 2. The number of carbonyl (C=O) groups is 2. The summed E-state index contributed by atoms with van der Waals surface area (Å²) >= 11 is 0. The fourth-order valence-corrected chi connectivity index (χ4v) is 5.04. The first kappa shape index (κ1) is 25.5. The van der Waals surface area contributed by atoms with Gasteiger partial charge >= 0.3 is 0 Å². The van der Waals surface area contributed by atoms with Crippen molar-refractivity contribution in [1.29, 1.82) is 0 Å². The molecule has 2 bridgehead atoms. The van der Waals surface area contributed by atoms with Crippen LogP contribution in [-0.2, 0) is 16.1 Å². The molecule has 2 N–H and O–H groups in total. The SMILES string of the molecule is CN=C(NCCCN1C(=O)C2C3C=CC(C3)C2C1=O)NCc1cccc(OCC(C)C)c1.I. The lowest BCUT2D eigenvalue weighted by Gasteiger charge is -2.18. The van der Waals surface area contributed by atoms with Crippen molar-refractivity contribution in [3.05, 3.63) is 42.0 Å². The molecule has 180 valence electrons. The Balaban J connectivity index is 0.00000306. The van der Waals surface area contributed by atoms with Crippen molar-refractivity contribution >= 4 is 41.8 Å². The average molecular weight is 566 g/mol. The molecule has 4 unspecified atom stereocenters. The van der Waals surface area contributed by atoms with Crippen LogP contribution in [0.1, 0.15) is 32.3 Å². The Morgan fingerprint density at radius 1 is 1.15 bits per heavy atom. The van der Waals surface area contributed by atoms with Crippen molar-refractivity contribution in [2.24, 2.45) is 34.6 Å². The van der Waals surface area contributed by atoms with Crippen molar-refractivity contribution in [2.75, 3.05) is 26.7 Å². The van der Waals surface area contributed by atoms with E-state index in [2.05, 4.69) is 41.6 Å². The summed E-state index contributed by atoms with van der Waals surface area (Å²) in [6, 6.07) is 8.04. The number of amides is 2. The van der Waals surface area contributed by atoms with Crippen LogP contribution in [0, 0.1) is 29.6 Å². The number of nitrogens with zero attached hydrogens (tertiary/aromatic N) is 2. The summed E-state index contributed by atoms with van der Waals surface area (Å²) in [6.45, 7) is 6.67. The Hall–Kier alpha value is -2.10. The third-order valence-electron chi connectivity index (χ3n) is 6.58. The fraction of sp³-hybridized carbons (Fsp3) is 0.560. The molecule has 0 radical (unpaired) electrons. The van der Waals surface area contributed by atoms with E-state index in [4.69, 9.17) is 4.74 Å². The molecule has 1 saturated carbocycles. The zero-order chi connectivity index (χ0) is 22.7. The van der Waals surface area contributed by atoms with E-state index in [-0.39, 0.29) is 59.5 Å². The molecule has 2 fully saturated rings. The molecule has 2 amide bonds. The fourth-order valence-electron chi connectivity index (χ4n) is 5.04. The summed E-state index contributed by atoms with van der Waals surface area (Å²) in [7, 11) is 1.73. The molecule has 8 heteroatoms. The van der Waals surface area contributed by atoms with Crippen LogP contribution in [0.4, 0.5) is 0 Å². The standard InChI is InChI=1S/C25H34N4O3.HI/c1-16(2)15-32-20-7-4-6-17(12-20)14-28-25(26-3)27-10-5-11-29-23(30)21-18-8-9-19(13-18)22(21)24(29)31;/h4,6-9,12,16,18-19,21-22H,5,10-11,13-15H2,1-3H3,(H2,26,27,28);1H. The van der Waals surface area contributed by atoms with Gasteiger partial charge in [0.2, 0.25) is 11.8 Å². The van der Waals surface area contributed by atoms with Gasteiger partial charge in [-0.2, -0.15) is 0 Å². The smallest absolute Gasteiger partial charge is 0.233 e. The molecule has 0 aromatic heterocycles. The topological polar surface area (TPSA) is 83.0 Å². The molecule has 7 nitrogen and oxygen atoms in total. The number of ether oxygens (including phenoxy) is 1. The number of guanidine groups is 1. The summed E-state index contributed by atoms with van der Waals surface area (Å²) in [4.78, 5) is 31.2. The first-order valence-corrected chi connectivity index (χ1v) is 11.7. The van der Waals surface area contributed by atoms with Gasteiger partial charge in [-0.15, -0.1) is 24.0 Å². The van der Waals surface area contributed by atoms with Gasteiger partial charge in [-0.05, 0) is 48.3 Å². The molecule has 33 heavy (non-hydrogen) atoms. The molecule has 4 rings (SSSR count). The van der Waals surface area contributed by atoms with Crippen LogP contribution < -0.4 is 15.4 Å². The lowest BCUT2D eigenvalue weighted by Crippen LogP contribution is -2.39. The number of likely N-dealkylation sites (tertiary alicyclic amines) is 1. The van der Waals surface area contributed by atoms with Crippen LogP contribution in [0.5, 0.6) is 5.75 Å². The molecular formula is C25H35IN4O3. The van der Waals surface area contributed by atoms with Gasteiger partial charge in [-0.1, -0.05) is 38.1 Å². The number of benzene rings is 1. The van der Waals surface area contributed by atoms with E-state index in [0.29, 0.717) is 44.5 Å². The molecule has 0 spiro atoms. The van der Waals surface area contributed by atoms with Crippen LogP contribution in [0.3, 0.4) is 0 Å². The van der Waals surface area contributed by atoms with Crippen molar-refractivity contribution in [2.45, 2.75) is 33.2 Å². The van der Waals surface area contributed by atoms with Gasteiger partial charge in [0.05, 0.1) is 18.4 Å². The minimum atomic E-state index is -0.111. The van der Waals surface area contributed by atoms with E-state index in [1.165, 1.54) is 4.90 Å². The highest BCUT2D eigenvalue weighted by Gasteiger charge is 2.58. The van der Waals surface area contributed by atoms with Gasteiger partial charge in [0.15, 0.2) is 5.96 Å². The number of imide groups is 1. The summed E-state index contributed by atoms with van der Waals surface area (Å²) in [5.41, 5.74) is 1.11. The summed E-state index contributed by atoms with van der Waals surface area (Å²) in [6.07, 6.45) is 5.92. The quantitative estimate of drug-likeness (QED) is 0.120. The van der Waals surface area contributed by atoms with E-state index in [1.54, 1.807) is 7.05 Å². The maximum atomic E-state index is 12.7. The van der Waals surface area contributed by atoms with Crippen molar-refractivity contribution in [3.63, 3.8) is 0 Å². The second-order valence-electron chi connectivity index (χ2n) is 9.39. The lowest BCUT2D eigenvalue weighted by molar-refractivity contribution is -0.140. The van der Waals surface area contributed by atoms with Crippen molar-refractivity contribution in [1.82, 2.24) is 15.5 Å². The molecule has 4 atom stereocenters. The Morgan fingerprint density at radius 3 is 2.48 bits per heavy atom. The van der Waals surface area contributed by atoms with Gasteiger partial charge in [0.25, 0.3) is 0 Å². The zero-order valence-corrected chi connectivity index (χ0v) is 22.0. The number of hydrogen-bond donors (Lipinski definition) is 2. The number of allylic oxidation sites excluding steroid dienone is 2. The van der Waals surface area contributed by atoms with Crippen LogP contribution in [-0.4, -0.2) is 49.4 Å². The average Bonchev–Trinajstić information content (AvgIpc) is 3.47. The largest absolute Gasteiger partial charge is 0.493 e. The van der Waals surface area contributed by atoms with Crippen molar-refractivity contribution < 1.29 is 14.3 Å². The minimum Gasteiger partial charge on any atom is -0.493 e. The second-order valence-corrected chi connectivity index (χ2v) is 9.39. The predicted molar refractivity (Wildman–Crippen MR) is 139 cm³/mol. The second kappa shape index (κ2) is 11.4. The maximum absolute atomic E-state index is 12.7. The van der Waals surface area contributed by atoms with E-state index in [0.717, 1.165) is 17.7 Å². The van der Waals surface area contributed by atoms with E-state index < -0.39 is 0 Å². The molecule has 1 aromatic carbocycles. The highest BCUT2D eigenvalue weighted by molar-refractivity contribution is 14.0. The van der Waals surface area contributed by atoms with E-state index in [9.17, 15) is 9.59 Å². The zero-order valence-electron chi connectivity index (χ0n) is 19.6. The molecule has 1 saturated heterocycles. The monoisotopic (exact) mass is 566 g/mol. The number of hydrogen-bond acceptors (Lipinski definition) is 4. The molecule has 3 aliphatic rings. The molecule has 1 aromatic rings. The Bertz CT molecular complexity index is 887. The highest BCUT2D eigenvalue weighted by atomic mass is 127. The Morgan fingerprint density at radius 2 is 1.85 bits per heavy atom. The summed E-state index contributed by atoms with van der Waals surface area (Å²) in [5, 5.41) is 6.58. The molecule has 1 heterocycles. The number of rotatable bonds is 9. The third kappa shape index (κ3) is 5.70. The summed E-state index contributed by atoms with van der Waals surface area (Å²) < 4.78 is 5.79. The predicted octanol–water partition coefficient (Wildman–Crippen LogP) is 3.20. The number of halogens is 1. The normalized spacial score (nSPS) is 25.5. The van der Waals surface area contributed by atoms with Gasteiger partial charge in [-0.25, -0.2) is 0 Å². The highest BCUT2D eigenvalue weighted by Crippen LogP contribution is 2.52. The van der Waals surface area contributed by atoms with E-state index >= 15 is 0 Å². The molecule has 1 aliphatic heterocycles. The summed E-state index contributed by atoms with van der Waals surface area (Å²) in [5.74, 6) is 2.41. The van der Waals surface area contributed by atoms with Crippen LogP contribution in [0.15, 0.2) is 41.4 Å². The minimum absolute atomic E-state index is 0. The van der Waals surface area contributed by atoms with Gasteiger partial charge in [0.1, 0.15) is 5.75 Å². The van der Waals surface area contributed by atoms with Crippen LogP contribution in [0.25, 0.3) is 0 Å². The van der Waals surface area contributed by atoms with Gasteiger partial charge in [0, 0.05) is 26.7 Å². The Kier molecular flexibility index (Phi) is 8.78. The first-order valence-electron chi connectivity index (χ1n) is 11.7. The molecular weight excluding hydrogens is 531 g/mol. The van der Waals surface area contributed by atoms with Gasteiger partial charge < -0.3 is 15.4 Å². The Labute approximate surface area is 213 Å². The number of aliphatic imine (C=N–C) groups is 1. The maximum Gasteiger partial charge on any atom is 0.233 e. The van der Waals surface area contributed by atoms with Gasteiger partial charge in [-0.3, -0.25) is 19.5 Å². The first-order chi connectivity index (χ1) is 15.5. The van der Waals surface area contributed by atoms with Crippen LogP contribution >= 0.6 is 24.0 Å². The lowest BCUT2D eigenvalue weighted by atomic mass is 9.85. The molecule has 2 aliphatic carbocycles. The number of fused-ring (bicyclic) bond motifs is 5. The third-order valence-corrected chi connectivity index (χ3v) is 6.58. The number of carbonyl (C=O) groups excluding carboxylic acids is 2. The van der Waals surface area contributed by atoms with E-state index in [1.807, 2.05) is 24.3 Å². The van der Waals surface area contributed by atoms with Crippen LogP contribution in [0.2, 0.25) is 0 Å².